The van der Waals surface area contributed by atoms with Gasteiger partial charge in [-0.2, -0.15) is 0 Å². The molecule has 0 saturated carbocycles. The van der Waals surface area contributed by atoms with Gasteiger partial charge in [0, 0.05) is 33.4 Å². The minimum absolute atomic E-state index is 0.124. The second kappa shape index (κ2) is 14.6. The van der Waals surface area contributed by atoms with E-state index in [1.54, 1.807) is 0 Å². The summed E-state index contributed by atoms with van der Waals surface area (Å²) in [4.78, 5) is 2.42. The first-order chi connectivity index (χ1) is 39.2. The molecule has 2 spiro atoms. The highest BCUT2D eigenvalue weighted by Crippen LogP contribution is 2.66. The molecule has 4 aliphatic carbocycles. The zero-order valence-corrected chi connectivity index (χ0v) is 39.8. The third-order valence-electron chi connectivity index (χ3n) is 16.9. The fourth-order valence-electron chi connectivity index (χ4n) is 14.3. The molecule has 0 radical (unpaired) electrons. The molecule has 12 aromatic carbocycles. The van der Waals surface area contributed by atoms with Crippen molar-refractivity contribution in [1.29, 1.82) is 0 Å². The van der Waals surface area contributed by atoms with Gasteiger partial charge in [0.05, 0.1) is 35.8 Å². The molecule has 1 atom stereocenters. The molecule has 1 unspecified atom stereocenters. The maximum atomic E-state index is 10.1. The van der Waals surface area contributed by atoms with Crippen molar-refractivity contribution in [1.82, 2.24) is 4.57 Å². The summed E-state index contributed by atoms with van der Waals surface area (Å²) in [6.07, 6.45) is 0. The zero-order valence-electron chi connectivity index (χ0n) is 45.8. The molecule has 17 rings (SSSR count). The van der Waals surface area contributed by atoms with Crippen molar-refractivity contribution in [2.75, 3.05) is 4.90 Å². The molecular formula is C72H44N2. The van der Waals surface area contributed by atoms with Gasteiger partial charge in [-0.25, -0.2) is 0 Å². The average molecular weight is 943 g/mol. The Bertz CT molecular complexity index is 4870. The lowest BCUT2D eigenvalue weighted by molar-refractivity contribution is 0.773. The minimum atomic E-state index is -1.23. The quantitative estimate of drug-likeness (QED) is 0.171. The normalized spacial score (nSPS) is 16.6. The van der Waals surface area contributed by atoms with Crippen molar-refractivity contribution in [2.45, 2.75) is 10.8 Å². The molecule has 0 bridgehead atoms. The number of hydrogen-bond acceptors (Lipinski definition) is 1. The van der Waals surface area contributed by atoms with Crippen LogP contribution in [0.4, 0.5) is 17.1 Å². The Balaban J connectivity index is 1.01. The van der Waals surface area contributed by atoms with E-state index in [-0.39, 0.29) is 41.6 Å². The first-order valence-electron chi connectivity index (χ1n) is 28.4. The molecule has 0 fully saturated rings. The van der Waals surface area contributed by atoms with Crippen LogP contribution in [0.3, 0.4) is 0 Å². The molecule has 74 heavy (non-hydrogen) atoms. The number of fused-ring (bicyclic) bond motifs is 22. The van der Waals surface area contributed by atoms with E-state index in [1.807, 2.05) is 24.3 Å². The van der Waals surface area contributed by atoms with E-state index in [0.717, 1.165) is 72.4 Å². The van der Waals surface area contributed by atoms with Crippen molar-refractivity contribution < 1.29 is 8.22 Å². The lowest BCUT2D eigenvalue weighted by atomic mass is 9.61. The molecule has 2 nitrogen and oxygen atoms in total. The van der Waals surface area contributed by atoms with Gasteiger partial charge < -0.3 is 9.47 Å². The fourth-order valence-corrected chi connectivity index (χ4v) is 14.3. The minimum Gasteiger partial charge on any atom is -0.310 e. The highest BCUT2D eigenvalue weighted by molar-refractivity contribution is 6.12. The van der Waals surface area contributed by atoms with E-state index in [0.29, 0.717) is 22.1 Å². The van der Waals surface area contributed by atoms with Gasteiger partial charge in [-0.05, 0) is 143 Å². The molecule has 1 aromatic heterocycles. The first kappa shape index (κ1) is 34.8. The number of hydrogen-bond donors (Lipinski definition) is 0. The summed E-state index contributed by atoms with van der Waals surface area (Å²) in [5, 5.41) is 2.83. The lowest BCUT2D eigenvalue weighted by Gasteiger charge is -2.40. The predicted molar refractivity (Wildman–Crippen MR) is 306 cm³/mol. The fraction of sp³-hybridized carbons (Fsp3) is 0.0278. The topological polar surface area (TPSA) is 8.17 Å². The standard InChI is InChI=1S/C72H44N2/c1-2-21-46(22-3-1)74-66-37-15-9-27-54(66)55-42-40-48(44-68(55)74)73(47-39-41-53-51-25-6-12-32-60(51)71(65(53)43-47)58-30-10-4-23-49(58)50-24-5-11-31-59(50)71)67-38-18-36-64-70(67)57-28-8-14-34-62(57)72(64)61-33-13-7-26-52(61)56-29-16-19-45-20-17-35-63(72)69(45)56/h1-44H/i16D,17D,19D,20D,29D,35D. The van der Waals surface area contributed by atoms with Gasteiger partial charge >= 0.3 is 0 Å². The van der Waals surface area contributed by atoms with E-state index in [2.05, 4.69) is 216 Å². The number of aromatic nitrogens is 1. The van der Waals surface area contributed by atoms with Crippen LogP contribution in [0.15, 0.2) is 267 Å². The second-order valence-corrected chi connectivity index (χ2v) is 20.1. The monoisotopic (exact) mass is 942 g/mol. The van der Waals surface area contributed by atoms with Crippen molar-refractivity contribution >= 4 is 49.6 Å². The van der Waals surface area contributed by atoms with Crippen molar-refractivity contribution in [2.24, 2.45) is 0 Å². The van der Waals surface area contributed by atoms with Gasteiger partial charge in [-0.1, -0.05) is 218 Å². The molecular weight excluding hydrogens is 893 g/mol. The van der Waals surface area contributed by atoms with E-state index in [1.165, 1.54) is 44.5 Å². The van der Waals surface area contributed by atoms with E-state index >= 15 is 0 Å². The molecule has 1 heterocycles. The number of anilines is 3. The SMILES string of the molecule is [2H]c1c([2H])c2c3c(c([2H])c([2H])c([2H])c3c1[2H])C1(c3ccccc3-c3c(N(c4ccc5c(c4)C4(c6ccccc6-c6ccccc64)c4ccccc4-5)c4ccc5c6ccccc6n(-c6ccccc6)c5c4)cccc31)c1ccccc1-2. The molecule has 342 valence electrons. The summed E-state index contributed by atoms with van der Waals surface area (Å²) in [5.74, 6) is 0. The Morgan fingerprint density at radius 1 is 0.338 bits per heavy atom. The summed E-state index contributed by atoms with van der Waals surface area (Å²) in [5.41, 5.74) is 20.1. The van der Waals surface area contributed by atoms with Crippen LogP contribution in [-0.4, -0.2) is 4.57 Å². The van der Waals surface area contributed by atoms with Gasteiger partial charge in [-0.15, -0.1) is 0 Å². The maximum absolute atomic E-state index is 10.1. The van der Waals surface area contributed by atoms with Crippen molar-refractivity contribution in [3.05, 3.63) is 311 Å². The van der Waals surface area contributed by atoms with Gasteiger partial charge in [0.15, 0.2) is 0 Å². The largest absolute Gasteiger partial charge is 0.310 e. The van der Waals surface area contributed by atoms with Gasteiger partial charge in [0.2, 0.25) is 0 Å². The van der Waals surface area contributed by atoms with Crippen LogP contribution in [0.2, 0.25) is 0 Å². The number of rotatable bonds is 4. The number of para-hydroxylation sites is 2. The summed E-state index contributed by atoms with van der Waals surface area (Å²) >= 11 is 0. The smallest absolute Gasteiger partial charge is 0.0726 e. The van der Waals surface area contributed by atoms with Gasteiger partial charge in [-0.3, -0.25) is 0 Å². The summed E-state index contributed by atoms with van der Waals surface area (Å²) < 4.78 is 59.3. The van der Waals surface area contributed by atoms with Crippen LogP contribution in [0.25, 0.3) is 82.8 Å². The highest BCUT2D eigenvalue weighted by atomic mass is 15.1. The third-order valence-corrected chi connectivity index (χ3v) is 16.9. The van der Waals surface area contributed by atoms with Crippen LogP contribution in [-0.2, 0) is 10.8 Å². The van der Waals surface area contributed by atoms with E-state index in [4.69, 9.17) is 1.37 Å². The van der Waals surface area contributed by atoms with Crippen molar-refractivity contribution in [3.8, 4) is 50.2 Å². The van der Waals surface area contributed by atoms with Gasteiger partial charge in [0.1, 0.15) is 0 Å². The lowest BCUT2D eigenvalue weighted by Crippen LogP contribution is -2.31. The average Bonchev–Trinajstić information content (AvgIpc) is 2.13. The van der Waals surface area contributed by atoms with E-state index in [9.17, 15) is 6.85 Å². The Morgan fingerprint density at radius 3 is 1.53 bits per heavy atom. The molecule has 0 N–H and O–H groups in total. The molecule has 13 aromatic rings. The molecule has 2 heteroatoms. The molecule has 0 saturated heterocycles. The zero-order chi connectivity index (χ0) is 53.5. The summed E-state index contributed by atoms with van der Waals surface area (Å²) in [6.45, 7) is 0. The molecule has 0 amide bonds. The summed E-state index contributed by atoms with van der Waals surface area (Å²) in [6, 6.07) is 81.2. The highest BCUT2D eigenvalue weighted by Gasteiger charge is 2.53. The van der Waals surface area contributed by atoms with Crippen molar-refractivity contribution in [3.63, 3.8) is 0 Å². The Kier molecular flexibility index (Phi) is 6.84. The third kappa shape index (κ3) is 4.86. The Labute approximate surface area is 437 Å². The molecule has 0 aliphatic heterocycles. The maximum Gasteiger partial charge on any atom is 0.0726 e. The van der Waals surface area contributed by atoms with Crippen LogP contribution < -0.4 is 4.90 Å². The van der Waals surface area contributed by atoms with E-state index < -0.39 is 10.8 Å². The Hall–Kier alpha value is -9.50. The second-order valence-electron chi connectivity index (χ2n) is 20.1. The van der Waals surface area contributed by atoms with Crippen LogP contribution in [0, 0.1) is 0 Å². The molecule has 4 aliphatic rings. The first-order valence-corrected chi connectivity index (χ1v) is 25.4. The van der Waals surface area contributed by atoms with Gasteiger partial charge in [0.25, 0.3) is 0 Å². The number of benzene rings is 12. The predicted octanol–water partition coefficient (Wildman–Crippen LogP) is 18.1. The van der Waals surface area contributed by atoms with Crippen LogP contribution in [0.5, 0.6) is 0 Å². The summed E-state index contributed by atoms with van der Waals surface area (Å²) in [7, 11) is 0. The van der Waals surface area contributed by atoms with Crippen LogP contribution >= 0.6 is 0 Å². The van der Waals surface area contributed by atoms with Crippen LogP contribution in [0.1, 0.15) is 52.7 Å². The Morgan fingerprint density at radius 2 is 0.838 bits per heavy atom. The number of nitrogens with zero attached hydrogens (tertiary/aromatic N) is 2.